The lowest BCUT2D eigenvalue weighted by Gasteiger charge is -2.03. The minimum atomic E-state index is 0.683. The molecule has 2 aromatic rings. The van der Waals surface area contributed by atoms with Crippen molar-refractivity contribution in [3.8, 4) is 0 Å². The van der Waals surface area contributed by atoms with Crippen molar-refractivity contribution >= 4 is 38.1 Å². The molecule has 0 radical (unpaired) electrons. The van der Waals surface area contributed by atoms with E-state index in [4.69, 9.17) is 11.5 Å². The highest BCUT2D eigenvalue weighted by Gasteiger charge is 2.20. The predicted molar refractivity (Wildman–Crippen MR) is 66.8 cm³/mol. The van der Waals surface area contributed by atoms with Gasteiger partial charge in [0.25, 0.3) is 0 Å². The Hall–Kier alpha value is -1.48. The van der Waals surface area contributed by atoms with E-state index in [2.05, 4.69) is 28.1 Å². The van der Waals surface area contributed by atoms with E-state index in [1.165, 1.54) is 5.39 Å². The Morgan fingerprint density at radius 2 is 1.67 bits per heavy atom. The van der Waals surface area contributed by atoms with Gasteiger partial charge < -0.3 is 11.5 Å². The third kappa shape index (κ3) is 1.04. The molecule has 3 rings (SSSR count). The largest absolute Gasteiger partial charge is 0.397 e. The second-order valence-corrected chi connectivity index (χ2v) is 4.60. The van der Waals surface area contributed by atoms with Crippen molar-refractivity contribution in [3.05, 3.63) is 45.9 Å². The number of halogens is 1. The van der Waals surface area contributed by atoms with Crippen LogP contribution in [-0.2, 0) is 0 Å². The molecule has 74 valence electrons. The summed E-state index contributed by atoms with van der Waals surface area (Å²) in [4.78, 5) is 0. The quantitative estimate of drug-likeness (QED) is 0.766. The predicted octanol–water partition coefficient (Wildman–Crippen LogP) is 2.66. The SMILES string of the molecule is NC1=C(N)c2cc(Br)cc3cccc1c23. The van der Waals surface area contributed by atoms with Crippen LogP contribution < -0.4 is 11.5 Å². The van der Waals surface area contributed by atoms with E-state index in [-0.39, 0.29) is 0 Å². The lowest BCUT2D eigenvalue weighted by atomic mass is 10.0. The van der Waals surface area contributed by atoms with Crippen molar-refractivity contribution in [2.24, 2.45) is 11.5 Å². The van der Waals surface area contributed by atoms with Crippen LogP contribution in [0.1, 0.15) is 11.1 Å². The van der Waals surface area contributed by atoms with Gasteiger partial charge in [0.1, 0.15) is 0 Å². The molecule has 1 aliphatic carbocycles. The fourth-order valence-corrected chi connectivity index (χ4v) is 2.59. The third-order valence-electron chi connectivity index (χ3n) is 2.81. The first-order chi connectivity index (χ1) is 7.18. The highest BCUT2D eigenvalue weighted by Crippen LogP contribution is 2.38. The Morgan fingerprint density at radius 1 is 0.933 bits per heavy atom. The van der Waals surface area contributed by atoms with Crippen molar-refractivity contribution in [3.63, 3.8) is 0 Å². The summed E-state index contributed by atoms with van der Waals surface area (Å²) in [6.45, 7) is 0. The van der Waals surface area contributed by atoms with Crippen LogP contribution in [0.15, 0.2) is 34.8 Å². The molecule has 0 unspecified atom stereocenters. The smallest absolute Gasteiger partial charge is 0.0634 e. The van der Waals surface area contributed by atoms with Crippen molar-refractivity contribution in [2.75, 3.05) is 0 Å². The molecule has 2 aromatic carbocycles. The number of nitrogens with two attached hydrogens (primary N) is 2. The first kappa shape index (κ1) is 8.80. The van der Waals surface area contributed by atoms with E-state index >= 15 is 0 Å². The van der Waals surface area contributed by atoms with Gasteiger partial charge in [-0.2, -0.15) is 0 Å². The normalized spacial score (nSPS) is 13.9. The molecule has 0 heterocycles. The average Bonchev–Trinajstić information content (AvgIpc) is 2.46. The van der Waals surface area contributed by atoms with Crippen LogP contribution in [0.5, 0.6) is 0 Å². The summed E-state index contributed by atoms with van der Waals surface area (Å²) >= 11 is 3.48. The van der Waals surface area contributed by atoms with Crippen LogP contribution in [0.3, 0.4) is 0 Å². The fraction of sp³-hybridized carbons (Fsp3) is 0. The van der Waals surface area contributed by atoms with Gasteiger partial charge in [-0.3, -0.25) is 0 Å². The molecule has 0 saturated carbocycles. The minimum absolute atomic E-state index is 0.683. The zero-order chi connectivity index (χ0) is 10.6. The van der Waals surface area contributed by atoms with Gasteiger partial charge >= 0.3 is 0 Å². The van der Waals surface area contributed by atoms with Gasteiger partial charge in [-0.05, 0) is 17.5 Å². The van der Waals surface area contributed by atoms with Crippen molar-refractivity contribution in [2.45, 2.75) is 0 Å². The van der Waals surface area contributed by atoms with Crippen molar-refractivity contribution < 1.29 is 0 Å². The summed E-state index contributed by atoms with van der Waals surface area (Å²) < 4.78 is 1.03. The van der Waals surface area contributed by atoms with E-state index in [1.54, 1.807) is 0 Å². The van der Waals surface area contributed by atoms with E-state index in [0.717, 1.165) is 21.0 Å². The van der Waals surface area contributed by atoms with Crippen LogP contribution in [0.4, 0.5) is 0 Å². The molecule has 0 amide bonds. The Labute approximate surface area is 95.7 Å². The number of rotatable bonds is 0. The molecule has 0 aromatic heterocycles. The van der Waals surface area contributed by atoms with Gasteiger partial charge in [-0.25, -0.2) is 0 Å². The van der Waals surface area contributed by atoms with Gasteiger partial charge in [0.15, 0.2) is 0 Å². The molecule has 0 spiro atoms. The second kappa shape index (κ2) is 2.76. The Kier molecular flexibility index (Phi) is 1.62. The van der Waals surface area contributed by atoms with E-state index in [1.807, 2.05) is 18.2 Å². The molecule has 2 nitrogen and oxygen atoms in total. The molecule has 0 saturated heterocycles. The van der Waals surface area contributed by atoms with Gasteiger partial charge in [0, 0.05) is 21.0 Å². The van der Waals surface area contributed by atoms with Crippen LogP contribution >= 0.6 is 15.9 Å². The van der Waals surface area contributed by atoms with Gasteiger partial charge in [-0.15, -0.1) is 0 Å². The molecule has 1 aliphatic rings. The monoisotopic (exact) mass is 260 g/mol. The molecule has 0 atom stereocenters. The summed E-state index contributed by atoms with van der Waals surface area (Å²) in [5.74, 6) is 0. The maximum absolute atomic E-state index is 5.99. The molecular weight excluding hydrogens is 252 g/mol. The van der Waals surface area contributed by atoms with Crippen molar-refractivity contribution in [1.82, 2.24) is 0 Å². The molecule has 0 fully saturated rings. The van der Waals surface area contributed by atoms with Crippen LogP contribution in [0, 0.1) is 0 Å². The minimum Gasteiger partial charge on any atom is -0.397 e. The molecule has 3 heteroatoms. The summed E-state index contributed by atoms with van der Waals surface area (Å²) in [5.41, 5.74) is 15.4. The fourth-order valence-electron chi connectivity index (χ4n) is 2.12. The van der Waals surface area contributed by atoms with Gasteiger partial charge in [0.05, 0.1) is 11.4 Å². The number of benzene rings is 2. The zero-order valence-corrected chi connectivity index (χ0v) is 9.51. The first-order valence-corrected chi connectivity index (χ1v) is 5.46. The molecule has 4 N–H and O–H groups in total. The lowest BCUT2D eigenvalue weighted by molar-refractivity contribution is 1.54. The summed E-state index contributed by atoms with van der Waals surface area (Å²) in [6, 6.07) is 10.2. The second-order valence-electron chi connectivity index (χ2n) is 3.68. The lowest BCUT2D eigenvalue weighted by Crippen LogP contribution is -2.01. The first-order valence-electron chi connectivity index (χ1n) is 4.67. The summed E-state index contributed by atoms with van der Waals surface area (Å²) in [5, 5.41) is 2.33. The van der Waals surface area contributed by atoms with E-state index in [0.29, 0.717) is 11.4 Å². The Balaban J connectivity index is 2.57. The Bertz CT molecular complexity index is 614. The highest BCUT2D eigenvalue weighted by molar-refractivity contribution is 9.10. The zero-order valence-electron chi connectivity index (χ0n) is 7.92. The van der Waals surface area contributed by atoms with Crippen LogP contribution in [0.2, 0.25) is 0 Å². The highest BCUT2D eigenvalue weighted by atomic mass is 79.9. The topological polar surface area (TPSA) is 52.0 Å². The van der Waals surface area contributed by atoms with Crippen LogP contribution in [0.25, 0.3) is 22.2 Å². The molecule has 15 heavy (non-hydrogen) atoms. The van der Waals surface area contributed by atoms with E-state index in [9.17, 15) is 0 Å². The summed E-state index contributed by atoms with van der Waals surface area (Å²) in [7, 11) is 0. The van der Waals surface area contributed by atoms with E-state index < -0.39 is 0 Å². The summed E-state index contributed by atoms with van der Waals surface area (Å²) in [6.07, 6.45) is 0. The maximum Gasteiger partial charge on any atom is 0.0634 e. The Morgan fingerprint density at radius 3 is 2.47 bits per heavy atom. The number of hydrogen-bond acceptors (Lipinski definition) is 2. The van der Waals surface area contributed by atoms with Gasteiger partial charge in [-0.1, -0.05) is 34.1 Å². The average molecular weight is 261 g/mol. The maximum atomic E-state index is 5.99. The molecule has 0 aliphatic heterocycles. The molecule has 0 bridgehead atoms. The van der Waals surface area contributed by atoms with Crippen LogP contribution in [-0.4, -0.2) is 0 Å². The third-order valence-corrected chi connectivity index (χ3v) is 3.27. The van der Waals surface area contributed by atoms with Crippen molar-refractivity contribution in [1.29, 1.82) is 0 Å². The van der Waals surface area contributed by atoms with Gasteiger partial charge in [0.2, 0.25) is 0 Å². The molecular formula is C12H9BrN2. The number of hydrogen-bond donors (Lipinski definition) is 2. The standard InChI is InChI=1S/C12H9BrN2/c13-7-4-6-2-1-3-8-10(6)9(5-7)12(15)11(8)14/h1-5H,14-15H2.